The third-order valence-electron chi connectivity index (χ3n) is 4.89. The van der Waals surface area contributed by atoms with Gasteiger partial charge < -0.3 is 10.6 Å². The number of nitrogens with one attached hydrogen (secondary N) is 2. The van der Waals surface area contributed by atoms with E-state index in [2.05, 4.69) is 20.6 Å². The quantitative estimate of drug-likeness (QED) is 0.876. The van der Waals surface area contributed by atoms with Crippen molar-refractivity contribution in [2.75, 3.05) is 13.1 Å². The predicted molar refractivity (Wildman–Crippen MR) is 79.9 cm³/mol. The fourth-order valence-electron chi connectivity index (χ4n) is 3.81. The van der Waals surface area contributed by atoms with Crippen molar-refractivity contribution in [3.63, 3.8) is 0 Å². The average molecular weight is 282 g/mol. The molecular formula is C16H18N4O. The Bertz CT molecular complexity index is 684. The fourth-order valence-corrected chi connectivity index (χ4v) is 3.81. The van der Waals surface area contributed by atoms with Gasteiger partial charge in [-0.2, -0.15) is 0 Å². The average Bonchev–Trinajstić information content (AvgIpc) is 3.06. The van der Waals surface area contributed by atoms with Crippen molar-refractivity contribution < 1.29 is 4.79 Å². The van der Waals surface area contributed by atoms with E-state index in [1.807, 2.05) is 18.2 Å². The van der Waals surface area contributed by atoms with E-state index in [0.717, 1.165) is 24.9 Å². The number of nitrogens with zero attached hydrogens (tertiary/aromatic N) is 2. The summed E-state index contributed by atoms with van der Waals surface area (Å²) in [5.74, 6) is 0.444. The first-order chi connectivity index (χ1) is 10.3. The van der Waals surface area contributed by atoms with Crippen LogP contribution in [0, 0.1) is 5.92 Å². The van der Waals surface area contributed by atoms with Crippen molar-refractivity contribution in [1.29, 1.82) is 0 Å². The molecule has 1 saturated heterocycles. The predicted octanol–water partition coefficient (Wildman–Crippen LogP) is 1.50. The minimum absolute atomic E-state index is 0.0876. The van der Waals surface area contributed by atoms with Gasteiger partial charge in [-0.05, 0) is 30.9 Å². The standard InChI is InChI=1S/C16H18N4O/c21-15(20-16-6-1-4-12(16)9-17-10-16)14-13-11(5-8-19-14)3-2-7-18-13/h2-3,5,7-8,12,17H,1,4,6,9-10H2,(H,20,21)/t12-,16-/m0/s1. The number of fused-ring (bicyclic) bond motifs is 2. The fraction of sp³-hybridized carbons (Fsp3) is 0.438. The van der Waals surface area contributed by atoms with Gasteiger partial charge in [0.15, 0.2) is 5.69 Å². The highest BCUT2D eigenvalue weighted by molar-refractivity contribution is 6.03. The van der Waals surface area contributed by atoms with Crippen LogP contribution in [-0.4, -0.2) is 34.5 Å². The van der Waals surface area contributed by atoms with Gasteiger partial charge in [-0.15, -0.1) is 0 Å². The van der Waals surface area contributed by atoms with Crippen molar-refractivity contribution in [2.24, 2.45) is 5.92 Å². The monoisotopic (exact) mass is 282 g/mol. The summed E-state index contributed by atoms with van der Waals surface area (Å²) in [4.78, 5) is 21.3. The maximum absolute atomic E-state index is 12.7. The van der Waals surface area contributed by atoms with E-state index in [9.17, 15) is 4.79 Å². The van der Waals surface area contributed by atoms with Crippen molar-refractivity contribution >= 4 is 16.8 Å². The molecule has 21 heavy (non-hydrogen) atoms. The minimum atomic E-state index is -0.102. The maximum atomic E-state index is 12.7. The largest absolute Gasteiger partial charge is 0.344 e. The lowest BCUT2D eigenvalue weighted by atomic mass is 9.90. The zero-order valence-corrected chi connectivity index (χ0v) is 11.8. The topological polar surface area (TPSA) is 66.9 Å². The molecule has 1 amide bonds. The van der Waals surface area contributed by atoms with E-state index in [0.29, 0.717) is 17.1 Å². The molecule has 0 spiro atoms. The number of hydrogen-bond donors (Lipinski definition) is 2. The van der Waals surface area contributed by atoms with Crippen LogP contribution in [0.4, 0.5) is 0 Å². The second-order valence-electron chi connectivity index (χ2n) is 6.06. The van der Waals surface area contributed by atoms with E-state index >= 15 is 0 Å². The summed E-state index contributed by atoms with van der Waals surface area (Å²) in [5.41, 5.74) is 1.02. The van der Waals surface area contributed by atoms with Crippen molar-refractivity contribution in [3.8, 4) is 0 Å². The van der Waals surface area contributed by atoms with Crippen LogP contribution in [0.15, 0.2) is 30.6 Å². The number of carbonyl (C=O) groups excluding carboxylic acids is 1. The number of amides is 1. The van der Waals surface area contributed by atoms with E-state index in [4.69, 9.17) is 0 Å². The molecule has 0 bridgehead atoms. The summed E-state index contributed by atoms with van der Waals surface area (Å²) in [6.45, 7) is 1.86. The molecule has 3 heterocycles. The molecule has 2 aliphatic rings. The van der Waals surface area contributed by atoms with Gasteiger partial charge in [0.25, 0.3) is 5.91 Å². The zero-order chi connectivity index (χ0) is 14.3. The van der Waals surface area contributed by atoms with Gasteiger partial charge >= 0.3 is 0 Å². The Balaban J connectivity index is 1.68. The molecule has 4 rings (SSSR count). The van der Waals surface area contributed by atoms with Crippen molar-refractivity contribution in [2.45, 2.75) is 24.8 Å². The van der Waals surface area contributed by atoms with Gasteiger partial charge in [0.1, 0.15) is 5.52 Å². The lowest BCUT2D eigenvalue weighted by Crippen LogP contribution is -2.52. The van der Waals surface area contributed by atoms with Crippen LogP contribution in [0.25, 0.3) is 10.9 Å². The number of carbonyl (C=O) groups is 1. The normalized spacial score (nSPS) is 27.7. The SMILES string of the molecule is O=C(N[C@]12CCC[C@H]1CNC2)c1nccc2cccnc12. The Kier molecular flexibility index (Phi) is 2.89. The van der Waals surface area contributed by atoms with E-state index in [1.54, 1.807) is 12.4 Å². The van der Waals surface area contributed by atoms with E-state index in [-0.39, 0.29) is 11.4 Å². The van der Waals surface area contributed by atoms with E-state index in [1.165, 1.54) is 12.8 Å². The van der Waals surface area contributed by atoms with Crippen LogP contribution >= 0.6 is 0 Å². The summed E-state index contributed by atoms with van der Waals surface area (Å²) >= 11 is 0. The van der Waals surface area contributed by atoms with Gasteiger partial charge in [0, 0.05) is 30.9 Å². The Morgan fingerprint density at radius 1 is 1.33 bits per heavy atom. The highest BCUT2D eigenvalue weighted by atomic mass is 16.2. The summed E-state index contributed by atoms with van der Waals surface area (Å²) in [6, 6.07) is 5.71. The van der Waals surface area contributed by atoms with Crippen LogP contribution in [0.5, 0.6) is 0 Å². The molecule has 1 aliphatic carbocycles. The number of hydrogen-bond acceptors (Lipinski definition) is 4. The highest BCUT2D eigenvalue weighted by Gasteiger charge is 2.47. The van der Waals surface area contributed by atoms with Crippen molar-refractivity contribution in [3.05, 3.63) is 36.3 Å². The van der Waals surface area contributed by atoms with Gasteiger partial charge in [-0.1, -0.05) is 12.5 Å². The Hall–Kier alpha value is -2.01. The summed E-state index contributed by atoms with van der Waals surface area (Å²) in [7, 11) is 0. The third-order valence-corrected chi connectivity index (χ3v) is 4.89. The van der Waals surface area contributed by atoms with Crippen LogP contribution in [-0.2, 0) is 0 Å². The molecular weight excluding hydrogens is 264 g/mol. The molecule has 5 heteroatoms. The minimum Gasteiger partial charge on any atom is -0.344 e. The first kappa shape index (κ1) is 12.7. The van der Waals surface area contributed by atoms with Gasteiger partial charge in [0.05, 0.1) is 5.54 Å². The number of aromatic nitrogens is 2. The molecule has 2 fully saturated rings. The Labute approximate surface area is 123 Å². The molecule has 0 unspecified atom stereocenters. The first-order valence-electron chi connectivity index (χ1n) is 7.51. The number of pyridine rings is 2. The molecule has 1 aliphatic heterocycles. The van der Waals surface area contributed by atoms with Gasteiger partial charge in [0.2, 0.25) is 0 Å². The first-order valence-corrected chi connectivity index (χ1v) is 7.51. The Morgan fingerprint density at radius 3 is 3.24 bits per heavy atom. The van der Waals surface area contributed by atoms with Crippen LogP contribution in [0.1, 0.15) is 29.8 Å². The molecule has 5 nitrogen and oxygen atoms in total. The lowest BCUT2D eigenvalue weighted by molar-refractivity contribution is 0.0890. The zero-order valence-electron chi connectivity index (χ0n) is 11.8. The molecule has 2 aromatic rings. The maximum Gasteiger partial charge on any atom is 0.272 e. The van der Waals surface area contributed by atoms with Crippen molar-refractivity contribution in [1.82, 2.24) is 20.6 Å². The summed E-state index contributed by atoms with van der Waals surface area (Å²) in [5, 5.41) is 7.61. The summed E-state index contributed by atoms with van der Waals surface area (Å²) in [6.07, 6.45) is 6.81. The number of rotatable bonds is 2. The summed E-state index contributed by atoms with van der Waals surface area (Å²) < 4.78 is 0. The smallest absolute Gasteiger partial charge is 0.272 e. The molecule has 0 aromatic carbocycles. The molecule has 2 atom stereocenters. The molecule has 0 radical (unpaired) electrons. The molecule has 1 saturated carbocycles. The third kappa shape index (κ3) is 2.00. The van der Waals surface area contributed by atoms with Gasteiger partial charge in [-0.3, -0.25) is 9.78 Å². The lowest BCUT2D eigenvalue weighted by Gasteiger charge is -2.29. The molecule has 108 valence electrons. The second kappa shape index (κ2) is 4.77. The van der Waals surface area contributed by atoms with E-state index < -0.39 is 0 Å². The van der Waals surface area contributed by atoms with Crippen LogP contribution in [0.2, 0.25) is 0 Å². The second-order valence-corrected chi connectivity index (χ2v) is 6.06. The van der Waals surface area contributed by atoms with Gasteiger partial charge in [-0.25, -0.2) is 4.98 Å². The van der Waals surface area contributed by atoms with Crippen LogP contribution in [0.3, 0.4) is 0 Å². The molecule has 2 aromatic heterocycles. The highest BCUT2D eigenvalue weighted by Crippen LogP contribution is 2.38. The molecule has 2 N–H and O–H groups in total. The van der Waals surface area contributed by atoms with Crippen LogP contribution < -0.4 is 10.6 Å². The Morgan fingerprint density at radius 2 is 2.29 bits per heavy atom.